The van der Waals surface area contributed by atoms with Crippen molar-refractivity contribution in [1.82, 2.24) is 4.90 Å². The zero-order chi connectivity index (χ0) is 12.3. The highest BCUT2D eigenvalue weighted by Gasteiger charge is 2.16. The molecule has 0 aliphatic heterocycles. The van der Waals surface area contributed by atoms with E-state index in [0.717, 1.165) is 6.07 Å². The van der Waals surface area contributed by atoms with E-state index in [4.69, 9.17) is 0 Å². The molecular weight excluding hydrogens is 218 g/mol. The molecule has 0 fully saturated rings. The van der Waals surface area contributed by atoms with E-state index in [-0.39, 0.29) is 5.56 Å². The van der Waals surface area contributed by atoms with Crippen molar-refractivity contribution < 1.29 is 13.7 Å². The van der Waals surface area contributed by atoms with E-state index in [1.165, 1.54) is 12.3 Å². The Bertz CT molecular complexity index is 445. The lowest BCUT2D eigenvalue weighted by molar-refractivity contribution is -0.385. The fourth-order valence-corrected chi connectivity index (χ4v) is 1.07. The van der Waals surface area contributed by atoms with Gasteiger partial charge in [-0.25, -0.2) is 8.78 Å². The highest BCUT2D eigenvalue weighted by molar-refractivity contribution is 5.60. The van der Waals surface area contributed by atoms with E-state index in [0.29, 0.717) is 6.07 Å². The summed E-state index contributed by atoms with van der Waals surface area (Å²) in [5.74, 6) is -2.34. The van der Waals surface area contributed by atoms with Gasteiger partial charge < -0.3 is 4.90 Å². The van der Waals surface area contributed by atoms with Crippen molar-refractivity contribution in [3.05, 3.63) is 45.6 Å². The minimum atomic E-state index is -1.23. The second-order valence-electron chi connectivity index (χ2n) is 3.36. The zero-order valence-electron chi connectivity index (χ0n) is 8.78. The predicted molar refractivity (Wildman–Crippen MR) is 55.7 cm³/mol. The Morgan fingerprint density at radius 2 is 1.88 bits per heavy atom. The van der Waals surface area contributed by atoms with Gasteiger partial charge in [0.15, 0.2) is 11.6 Å². The first kappa shape index (κ1) is 12.1. The molecule has 0 N–H and O–H groups in total. The summed E-state index contributed by atoms with van der Waals surface area (Å²) in [4.78, 5) is 11.5. The summed E-state index contributed by atoms with van der Waals surface area (Å²) in [5, 5.41) is 10.6. The van der Waals surface area contributed by atoms with Crippen LogP contribution < -0.4 is 0 Å². The van der Waals surface area contributed by atoms with Crippen LogP contribution in [0.1, 0.15) is 5.56 Å². The summed E-state index contributed by atoms with van der Waals surface area (Å²) in [5.41, 5.74) is -0.436. The molecule has 0 aromatic heterocycles. The van der Waals surface area contributed by atoms with Gasteiger partial charge in [-0.15, -0.1) is 0 Å². The maximum atomic E-state index is 12.9. The smallest absolute Gasteiger partial charge is 0.279 e. The number of hydrogen-bond donors (Lipinski definition) is 0. The van der Waals surface area contributed by atoms with Gasteiger partial charge in [0.1, 0.15) is 0 Å². The molecule has 0 bridgehead atoms. The molecule has 0 saturated heterocycles. The standard InChI is InChI=1S/C10H10F2N2O2/c1-13(2)4-3-7-5-8(11)9(12)6-10(7)14(15)16/h3-6H,1-2H3. The molecule has 1 aromatic rings. The first-order valence-corrected chi connectivity index (χ1v) is 4.40. The molecule has 16 heavy (non-hydrogen) atoms. The fraction of sp³-hybridized carbons (Fsp3) is 0.200. The maximum Gasteiger partial charge on any atom is 0.279 e. The average molecular weight is 228 g/mol. The van der Waals surface area contributed by atoms with Crippen molar-refractivity contribution in [2.24, 2.45) is 0 Å². The summed E-state index contributed by atoms with van der Waals surface area (Å²) in [6, 6.07) is 1.37. The Morgan fingerprint density at radius 1 is 1.31 bits per heavy atom. The predicted octanol–water partition coefficient (Wildman–Crippen LogP) is 2.41. The highest BCUT2D eigenvalue weighted by Crippen LogP contribution is 2.23. The van der Waals surface area contributed by atoms with E-state index in [1.807, 2.05) is 0 Å². The van der Waals surface area contributed by atoms with E-state index >= 15 is 0 Å². The summed E-state index contributed by atoms with van der Waals surface area (Å²) >= 11 is 0. The largest absolute Gasteiger partial charge is 0.383 e. The molecule has 1 aromatic carbocycles. The van der Waals surface area contributed by atoms with Crippen LogP contribution in [0.5, 0.6) is 0 Å². The van der Waals surface area contributed by atoms with Gasteiger partial charge in [0, 0.05) is 14.1 Å². The minimum Gasteiger partial charge on any atom is -0.383 e. The van der Waals surface area contributed by atoms with Gasteiger partial charge in [-0.2, -0.15) is 0 Å². The normalized spacial score (nSPS) is 10.8. The molecule has 1 rings (SSSR count). The molecule has 86 valence electrons. The van der Waals surface area contributed by atoms with Crippen LogP contribution in [0.2, 0.25) is 0 Å². The Morgan fingerprint density at radius 3 is 2.38 bits per heavy atom. The Hall–Kier alpha value is -1.98. The number of benzene rings is 1. The van der Waals surface area contributed by atoms with Crippen LogP contribution in [0.25, 0.3) is 6.08 Å². The quantitative estimate of drug-likeness (QED) is 0.589. The van der Waals surface area contributed by atoms with Gasteiger partial charge in [-0.1, -0.05) is 0 Å². The third kappa shape index (κ3) is 2.75. The van der Waals surface area contributed by atoms with Crippen molar-refractivity contribution in [2.45, 2.75) is 0 Å². The highest BCUT2D eigenvalue weighted by atomic mass is 19.2. The van der Waals surface area contributed by atoms with Gasteiger partial charge >= 0.3 is 0 Å². The van der Waals surface area contributed by atoms with Crippen LogP contribution in [0.4, 0.5) is 14.5 Å². The van der Waals surface area contributed by atoms with Crippen molar-refractivity contribution >= 4 is 11.8 Å². The summed E-state index contributed by atoms with van der Waals surface area (Å²) in [7, 11) is 3.42. The average Bonchev–Trinajstić information content (AvgIpc) is 2.18. The molecule has 0 saturated carbocycles. The third-order valence-corrected chi connectivity index (χ3v) is 1.82. The van der Waals surface area contributed by atoms with Crippen LogP contribution in [-0.2, 0) is 0 Å². The van der Waals surface area contributed by atoms with Crippen LogP contribution in [0.15, 0.2) is 18.3 Å². The lowest BCUT2D eigenvalue weighted by atomic mass is 10.1. The van der Waals surface area contributed by atoms with E-state index in [1.54, 1.807) is 19.0 Å². The zero-order valence-corrected chi connectivity index (χ0v) is 8.78. The van der Waals surface area contributed by atoms with Crippen LogP contribution in [-0.4, -0.2) is 23.9 Å². The maximum absolute atomic E-state index is 12.9. The van der Waals surface area contributed by atoms with Crippen molar-refractivity contribution in [2.75, 3.05) is 14.1 Å². The van der Waals surface area contributed by atoms with Crippen LogP contribution >= 0.6 is 0 Å². The molecule has 0 aliphatic rings. The number of hydrogen-bond acceptors (Lipinski definition) is 3. The topological polar surface area (TPSA) is 46.4 Å². The second-order valence-corrected chi connectivity index (χ2v) is 3.36. The molecule has 0 heterocycles. The number of halogens is 2. The molecule has 0 spiro atoms. The lowest BCUT2D eigenvalue weighted by Gasteiger charge is -2.04. The minimum absolute atomic E-state index is 0.0256. The van der Waals surface area contributed by atoms with Gasteiger partial charge in [0.2, 0.25) is 0 Å². The molecule has 0 unspecified atom stereocenters. The van der Waals surface area contributed by atoms with E-state index in [9.17, 15) is 18.9 Å². The molecule has 0 radical (unpaired) electrons. The van der Waals surface area contributed by atoms with E-state index < -0.39 is 22.2 Å². The monoisotopic (exact) mass is 228 g/mol. The number of nitrogens with zero attached hydrogens (tertiary/aromatic N) is 2. The van der Waals surface area contributed by atoms with Crippen molar-refractivity contribution in [1.29, 1.82) is 0 Å². The molecular formula is C10H10F2N2O2. The Balaban J connectivity index is 3.25. The molecule has 4 nitrogen and oxygen atoms in total. The number of nitro benzene ring substituents is 1. The molecule has 0 aliphatic carbocycles. The van der Waals surface area contributed by atoms with E-state index in [2.05, 4.69) is 0 Å². The molecule has 0 amide bonds. The number of rotatable bonds is 3. The molecule has 0 atom stereocenters. The van der Waals surface area contributed by atoms with Crippen LogP contribution in [0, 0.1) is 21.7 Å². The Labute approximate surface area is 90.9 Å². The third-order valence-electron chi connectivity index (χ3n) is 1.82. The van der Waals surface area contributed by atoms with Gasteiger partial charge in [-0.05, 0) is 18.3 Å². The fourth-order valence-electron chi connectivity index (χ4n) is 1.07. The summed E-state index contributed by atoms with van der Waals surface area (Å²) in [6.45, 7) is 0. The second kappa shape index (κ2) is 4.69. The number of nitro groups is 1. The van der Waals surface area contributed by atoms with Gasteiger partial charge in [0.05, 0.1) is 16.6 Å². The van der Waals surface area contributed by atoms with Gasteiger partial charge in [-0.3, -0.25) is 10.1 Å². The SMILES string of the molecule is CN(C)C=Cc1cc(F)c(F)cc1[N+](=O)[O-]. The summed E-state index contributed by atoms with van der Waals surface area (Å²) < 4.78 is 25.7. The Kier molecular flexibility index (Phi) is 3.55. The molecule has 6 heteroatoms. The van der Waals surface area contributed by atoms with Crippen molar-refractivity contribution in [3.8, 4) is 0 Å². The van der Waals surface area contributed by atoms with Crippen LogP contribution in [0.3, 0.4) is 0 Å². The first-order chi connectivity index (χ1) is 7.41. The van der Waals surface area contributed by atoms with Gasteiger partial charge in [0.25, 0.3) is 5.69 Å². The first-order valence-electron chi connectivity index (χ1n) is 4.40. The lowest BCUT2D eigenvalue weighted by Crippen LogP contribution is -2.01. The summed E-state index contributed by atoms with van der Waals surface area (Å²) in [6.07, 6.45) is 2.86. The van der Waals surface area contributed by atoms with Crippen molar-refractivity contribution in [3.63, 3.8) is 0 Å².